The number of aryl methyl sites for hydroxylation is 2. The Morgan fingerprint density at radius 3 is 2.59 bits per heavy atom. The summed E-state index contributed by atoms with van der Waals surface area (Å²) in [5, 5.41) is 3.36. The molecule has 6 rings (SSSR count). The Labute approximate surface area is 242 Å². The third kappa shape index (κ3) is 5.20. The van der Waals surface area contributed by atoms with Gasteiger partial charge in [0.1, 0.15) is 5.75 Å². The average molecular weight is 550 g/mol. The van der Waals surface area contributed by atoms with Gasteiger partial charge in [0.15, 0.2) is 17.0 Å². The van der Waals surface area contributed by atoms with E-state index in [1.165, 1.54) is 22.3 Å². The maximum atomic E-state index is 5.59. The molecular weight excluding hydrogens is 510 g/mol. The van der Waals surface area contributed by atoms with Crippen LogP contribution in [0.3, 0.4) is 0 Å². The van der Waals surface area contributed by atoms with Crippen molar-refractivity contribution in [3.05, 3.63) is 96.4 Å². The Bertz CT molecular complexity index is 1550. The number of methoxy groups -OCH3 is 1. The Morgan fingerprint density at radius 2 is 1.80 bits per heavy atom. The van der Waals surface area contributed by atoms with Gasteiger partial charge in [-0.15, -0.1) is 13.2 Å². The molecule has 0 radical (unpaired) electrons. The van der Waals surface area contributed by atoms with Crippen molar-refractivity contribution in [1.82, 2.24) is 24.4 Å². The van der Waals surface area contributed by atoms with Gasteiger partial charge in [-0.2, -0.15) is 9.97 Å². The van der Waals surface area contributed by atoms with Crippen LogP contribution < -0.4 is 15.0 Å². The Kier molecular flexibility index (Phi) is 7.74. The van der Waals surface area contributed by atoms with Crippen LogP contribution >= 0.6 is 0 Å². The number of nitrogens with zero attached hydrogens (tertiary/aromatic N) is 6. The zero-order chi connectivity index (χ0) is 28.3. The fourth-order valence-corrected chi connectivity index (χ4v) is 6.42. The molecule has 2 aliphatic rings. The van der Waals surface area contributed by atoms with Gasteiger partial charge in [-0.25, -0.2) is 4.98 Å². The van der Waals surface area contributed by atoms with E-state index in [1.807, 2.05) is 23.0 Å². The van der Waals surface area contributed by atoms with Gasteiger partial charge in [-0.3, -0.25) is 4.90 Å². The maximum absolute atomic E-state index is 5.59. The van der Waals surface area contributed by atoms with Crippen LogP contribution in [0.1, 0.15) is 41.1 Å². The van der Waals surface area contributed by atoms with E-state index < -0.39 is 0 Å². The van der Waals surface area contributed by atoms with Crippen LogP contribution in [0, 0.1) is 0 Å². The standard InChI is InChI=1S/C33H39N7O/c1-5-17-34-31-29-32(40(18-6-2)22-35-29)37-33(36-31)39-19-15-25(16-20-39)38(3)30-27-10-8-7-9-23(27)11-12-24-21-26(41-4)13-14-28(24)30/h5-10,13-14,21-22,25,30H,1-2,11-12,15-20H2,3-4H3,(H,34,36,37). The van der Waals surface area contributed by atoms with E-state index in [1.54, 1.807) is 7.11 Å². The summed E-state index contributed by atoms with van der Waals surface area (Å²) in [4.78, 5) is 19.4. The summed E-state index contributed by atoms with van der Waals surface area (Å²) in [5.74, 6) is 2.42. The number of hydrogen-bond acceptors (Lipinski definition) is 7. The van der Waals surface area contributed by atoms with Gasteiger partial charge in [0.05, 0.1) is 19.5 Å². The van der Waals surface area contributed by atoms with Crippen LogP contribution in [0.2, 0.25) is 0 Å². The molecule has 8 heteroatoms. The van der Waals surface area contributed by atoms with Crippen molar-refractivity contribution in [2.75, 3.05) is 44.0 Å². The summed E-state index contributed by atoms with van der Waals surface area (Å²) in [7, 11) is 4.05. The first-order valence-corrected chi connectivity index (χ1v) is 14.5. The molecule has 41 heavy (non-hydrogen) atoms. The van der Waals surface area contributed by atoms with Crippen LogP contribution in [0.5, 0.6) is 5.75 Å². The molecule has 212 valence electrons. The fourth-order valence-electron chi connectivity index (χ4n) is 6.42. The van der Waals surface area contributed by atoms with E-state index in [4.69, 9.17) is 14.7 Å². The van der Waals surface area contributed by atoms with Crippen LogP contribution in [-0.4, -0.2) is 64.3 Å². The molecule has 3 heterocycles. The zero-order valence-electron chi connectivity index (χ0n) is 24.1. The van der Waals surface area contributed by atoms with E-state index in [9.17, 15) is 0 Å². The summed E-state index contributed by atoms with van der Waals surface area (Å²) in [6.45, 7) is 10.8. The van der Waals surface area contributed by atoms with E-state index in [0.29, 0.717) is 19.1 Å². The number of benzene rings is 2. The van der Waals surface area contributed by atoms with Crippen molar-refractivity contribution >= 4 is 22.9 Å². The highest BCUT2D eigenvalue weighted by Crippen LogP contribution is 2.39. The van der Waals surface area contributed by atoms with Gasteiger partial charge >= 0.3 is 0 Å². The lowest BCUT2D eigenvalue weighted by atomic mass is 9.90. The van der Waals surface area contributed by atoms with E-state index in [2.05, 4.69) is 82.8 Å². The Balaban J connectivity index is 1.26. The number of aromatic nitrogens is 4. The molecule has 1 fully saturated rings. The van der Waals surface area contributed by atoms with Crippen LogP contribution in [-0.2, 0) is 19.4 Å². The third-order valence-corrected chi connectivity index (χ3v) is 8.58. The number of fused-ring (bicyclic) bond motifs is 3. The number of piperidine rings is 1. The molecular formula is C33H39N7O. The van der Waals surface area contributed by atoms with Crippen LogP contribution in [0.4, 0.5) is 11.8 Å². The molecule has 1 atom stereocenters. The molecule has 1 saturated heterocycles. The molecule has 0 bridgehead atoms. The number of rotatable bonds is 9. The number of imidazole rings is 1. The molecule has 2 aromatic carbocycles. The number of nitrogens with one attached hydrogen (secondary N) is 1. The van der Waals surface area contributed by atoms with Crippen molar-refractivity contribution in [3.8, 4) is 5.75 Å². The third-order valence-electron chi connectivity index (χ3n) is 8.58. The van der Waals surface area contributed by atoms with Crippen molar-refractivity contribution in [1.29, 1.82) is 0 Å². The van der Waals surface area contributed by atoms with Gasteiger partial charge in [0, 0.05) is 32.2 Å². The second-order valence-corrected chi connectivity index (χ2v) is 10.9. The highest BCUT2D eigenvalue weighted by Gasteiger charge is 2.33. The summed E-state index contributed by atoms with van der Waals surface area (Å²) in [6, 6.07) is 16.2. The number of anilines is 2. The Hall–Kier alpha value is -4.17. The maximum Gasteiger partial charge on any atom is 0.229 e. The molecule has 4 aromatic rings. The Morgan fingerprint density at radius 1 is 1.02 bits per heavy atom. The van der Waals surface area contributed by atoms with E-state index in [0.717, 1.165) is 67.5 Å². The topological polar surface area (TPSA) is 71.3 Å². The molecule has 2 aromatic heterocycles. The monoisotopic (exact) mass is 549 g/mol. The number of allylic oxidation sites excluding steroid dienone is 1. The molecule has 0 amide bonds. The summed E-state index contributed by atoms with van der Waals surface area (Å²) < 4.78 is 7.60. The lowest BCUT2D eigenvalue weighted by molar-refractivity contribution is 0.169. The first-order valence-electron chi connectivity index (χ1n) is 14.5. The van der Waals surface area contributed by atoms with Gasteiger partial charge < -0.3 is 19.5 Å². The predicted octanol–water partition coefficient (Wildman–Crippen LogP) is 5.41. The highest BCUT2D eigenvalue weighted by molar-refractivity contribution is 5.84. The van der Waals surface area contributed by atoms with Crippen molar-refractivity contribution in [2.24, 2.45) is 0 Å². The number of ether oxygens (including phenoxy) is 1. The number of hydrogen-bond donors (Lipinski definition) is 1. The van der Waals surface area contributed by atoms with Crippen molar-refractivity contribution in [3.63, 3.8) is 0 Å². The molecule has 8 nitrogen and oxygen atoms in total. The van der Waals surface area contributed by atoms with Crippen LogP contribution in [0.25, 0.3) is 11.2 Å². The lowest BCUT2D eigenvalue weighted by Gasteiger charge is -2.41. The summed E-state index contributed by atoms with van der Waals surface area (Å²) in [5.41, 5.74) is 7.23. The quantitative estimate of drug-likeness (QED) is 0.280. The van der Waals surface area contributed by atoms with Gasteiger partial charge in [0.2, 0.25) is 5.95 Å². The molecule has 0 spiro atoms. The first kappa shape index (κ1) is 27.0. The molecule has 1 aliphatic heterocycles. The highest BCUT2D eigenvalue weighted by atomic mass is 16.5. The predicted molar refractivity (Wildman–Crippen MR) is 166 cm³/mol. The van der Waals surface area contributed by atoms with Crippen molar-refractivity contribution in [2.45, 2.75) is 44.3 Å². The average Bonchev–Trinajstić information content (AvgIpc) is 3.34. The molecule has 1 aliphatic carbocycles. The van der Waals surface area contributed by atoms with Crippen LogP contribution in [0.15, 0.2) is 74.1 Å². The minimum Gasteiger partial charge on any atom is -0.497 e. The lowest BCUT2D eigenvalue weighted by Crippen LogP contribution is -2.45. The normalized spacial score (nSPS) is 17.1. The molecule has 0 saturated carbocycles. The summed E-state index contributed by atoms with van der Waals surface area (Å²) in [6.07, 6.45) is 9.63. The SMILES string of the molecule is C=CCNc1nc(N2CCC(N(C)C3c4ccccc4CCc4cc(OC)ccc43)CC2)nc2c1ncn2CC=C. The van der Waals surface area contributed by atoms with E-state index in [-0.39, 0.29) is 6.04 Å². The zero-order valence-corrected chi connectivity index (χ0v) is 24.1. The second kappa shape index (κ2) is 11.7. The molecule has 1 unspecified atom stereocenters. The molecule has 1 N–H and O–H groups in total. The largest absolute Gasteiger partial charge is 0.497 e. The van der Waals surface area contributed by atoms with Crippen molar-refractivity contribution < 1.29 is 4.74 Å². The van der Waals surface area contributed by atoms with Gasteiger partial charge in [-0.1, -0.05) is 42.5 Å². The first-order chi connectivity index (χ1) is 20.1. The van der Waals surface area contributed by atoms with E-state index >= 15 is 0 Å². The second-order valence-electron chi connectivity index (χ2n) is 10.9. The smallest absolute Gasteiger partial charge is 0.229 e. The van der Waals surface area contributed by atoms with Gasteiger partial charge in [0.25, 0.3) is 0 Å². The fraction of sp³-hybridized carbons (Fsp3) is 0.364. The minimum atomic E-state index is 0.210. The van der Waals surface area contributed by atoms with Gasteiger partial charge in [-0.05, 0) is 67.1 Å². The minimum absolute atomic E-state index is 0.210. The summed E-state index contributed by atoms with van der Waals surface area (Å²) >= 11 is 0.